The van der Waals surface area contributed by atoms with Crippen molar-refractivity contribution in [1.82, 2.24) is 19.6 Å². The van der Waals surface area contributed by atoms with Crippen LogP contribution in [-0.2, 0) is 16.4 Å². The highest BCUT2D eigenvalue weighted by Crippen LogP contribution is 2.55. The molecule has 0 unspecified atom stereocenters. The van der Waals surface area contributed by atoms with E-state index in [1.807, 2.05) is 48.5 Å². The Labute approximate surface area is 369 Å². The molecule has 0 radical (unpaired) electrons. The summed E-state index contributed by atoms with van der Waals surface area (Å²) in [6.45, 7) is 4.03. The normalized spacial score (nSPS) is 17.3. The van der Waals surface area contributed by atoms with Gasteiger partial charge in [-0.1, -0.05) is 66.1 Å². The van der Waals surface area contributed by atoms with Crippen LogP contribution in [0.5, 0.6) is 11.5 Å². The molecule has 1 spiro atoms. The molecule has 1 saturated heterocycles. The van der Waals surface area contributed by atoms with E-state index in [1.54, 1.807) is 30.5 Å². The number of aromatic amines is 1. The number of nitrogens with zero attached hydrogens (tertiary/aromatic N) is 5. The van der Waals surface area contributed by atoms with Gasteiger partial charge in [-0.3, -0.25) is 24.8 Å². The van der Waals surface area contributed by atoms with Gasteiger partial charge in [0.25, 0.3) is 21.6 Å². The first-order valence-electron chi connectivity index (χ1n) is 21.2. The van der Waals surface area contributed by atoms with Crippen molar-refractivity contribution in [3.8, 4) is 11.5 Å². The van der Waals surface area contributed by atoms with Gasteiger partial charge in [0.1, 0.15) is 17.1 Å². The van der Waals surface area contributed by atoms with Gasteiger partial charge in [0.15, 0.2) is 0 Å². The summed E-state index contributed by atoms with van der Waals surface area (Å²) in [7, 11) is -4.63. The molecule has 6 aromatic rings. The van der Waals surface area contributed by atoms with E-state index >= 15 is 0 Å². The number of anilines is 1. The quantitative estimate of drug-likeness (QED) is 0.0953. The molecule has 0 atom stereocenters. The minimum Gasteiger partial charge on any atom is -0.455 e. The molecule has 4 aliphatic rings. The van der Waals surface area contributed by atoms with Crippen molar-refractivity contribution in [2.45, 2.75) is 49.8 Å². The number of H-pyrrole nitrogens is 1. The number of nitrogens with one attached hydrogen (secondary N) is 2. The van der Waals surface area contributed by atoms with Crippen LogP contribution in [0.2, 0.25) is 5.02 Å². The fourth-order valence-electron chi connectivity index (χ4n) is 9.51. The maximum atomic E-state index is 14.1. The Hall–Kier alpha value is -6.35. The van der Waals surface area contributed by atoms with Gasteiger partial charge in [-0.2, -0.15) is 0 Å². The first-order valence-corrected chi connectivity index (χ1v) is 23.1. The third-order valence-corrected chi connectivity index (χ3v) is 14.7. The van der Waals surface area contributed by atoms with Crippen LogP contribution in [0, 0.1) is 15.5 Å². The SMILES string of the molecule is O=C(NS(=O)(=O)c1cc2c(c([N+](=O)[O-])c1)CC(c1ccccc1)=N2)c1ccc(N2CCN(CC3=C(c4ccc(Cl)cc4)CC4(CCC4)CC3)CC2)cc1Oc1cnc2[nH]ccc2c1. The zero-order chi connectivity index (χ0) is 43.3. The van der Waals surface area contributed by atoms with Crippen molar-refractivity contribution < 1.29 is 22.9 Å². The number of amides is 1. The van der Waals surface area contributed by atoms with Crippen molar-refractivity contribution in [3.05, 3.63) is 152 Å². The molecule has 1 saturated carbocycles. The smallest absolute Gasteiger partial charge is 0.276 e. The number of sulfonamides is 1. The Bertz CT molecular complexity index is 2960. The standard InChI is InChI=1S/C48H44ClN7O6S/c49-35-9-7-31(8-10-35)41-28-48(15-4-16-48)17-13-34(41)30-54-19-21-55(22-20-54)36-11-12-39(45(24-36)62-37-23-33-14-18-50-46(33)51-29-37)47(57)53-63(60,61)38-25-43-40(44(26-38)56(58)59)27-42(52-43)32-5-2-1-3-6-32/h1-3,5-12,14,18,23-26,29H,4,13,15-17,19-22,27-28,30H2,(H,50,51)(H,53,57). The minimum absolute atomic E-state index is 0.0432. The van der Waals surface area contributed by atoms with Crippen LogP contribution in [-0.4, -0.2) is 72.6 Å². The molecule has 2 aromatic heterocycles. The van der Waals surface area contributed by atoms with Gasteiger partial charge in [-0.05, 0) is 96.7 Å². The molecule has 2 aliphatic carbocycles. The fourth-order valence-corrected chi connectivity index (χ4v) is 10.6. The van der Waals surface area contributed by atoms with Crippen molar-refractivity contribution in [1.29, 1.82) is 0 Å². The van der Waals surface area contributed by atoms with Crippen LogP contribution in [0.25, 0.3) is 16.6 Å². The number of rotatable bonds is 11. The lowest BCUT2D eigenvalue weighted by atomic mass is 9.59. The number of ether oxygens (including phenoxy) is 1. The zero-order valence-electron chi connectivity index (χ0n) is 34.3. The summed E-state index contributed by atoms with van der Waals surface area (Å²) in [6.07, 6.45) is 10.9. The number of hydrogen-bond acceptors (Lipinski definition) is 10. The molecule has 4 heterocycles. The summed E-state index contributed by atoms with van der Waals surface area (Å²) in [5.41, 5.74) is 7.56. The predicted octanol–water partition coefficient (Wildman–Crippen LogP) is 9.64. The summed E-state index contributed by atoms with van der Waals surface area (Å²) < 4.78 is 36.3. The Morgan fingerprint density at radius 2 is 1.73 bits per heavy atom. The van der Waals surface area contributed by atoms with Crippen LogP contribution in [0.4, 0.5) is 17.1 Å². The lowest BCUT2D eigenvalue weighted by Crippen LogP contribution is -2.47. The number of aliphatic imine (C=N–C) groups is 1. The number of nitro groups is 1. The molecule has 13 nitrogen and oxygen atoms in total. The van der Waals surface area contributed by atoms with E-state index in [0.29, 0.717) is 28.1 Å². The van der Waals surface area contributed by atoms with Gasteiger partial charge in [-0.25, -0.2) is 18.1 Å². The Kier molecular flexibility index (Phi) is 10.6. The number of fused-ring (bicyclic) bond motifs is 2. The highest BCUT2D eigenvalue weighted by molar-refractivity contribution is 7.90. The zero-order valence-corrected chi connectivity index (χ0v) is 35.9. The van der Waals surface area contributed by atoms with E-state index in [1.165, 1.54) is 54.7 Å². The third-order valence-electron chi connectivity index (χ3n) is 13.1. The van der Waals surface area contributed by atoms with Gasteiger partial charge < -0.3 is 14.6 Å². The van der Waals surface area contributed by atoms with Gasteiger partial charge in [-0.15, -0.1) is 0 Å². The van der Waals surface area contributed by atoms with E-state index in [-0.39, 0.29) is 23.4 Å². The largest absolute Gasteiger partial charge is 0.455 e. The molecule has 10 rings (SSSR count). The number of halogens is 1. The summed E-state index contributed by atoms with van der Waals surface area (Å²) in [5.74, 6) is -0.487. The average Bonchev–Trinajstić information content (AvgIpc) is 3.94. The van der Waals surface area contributed by atoms with Crippen molar-refractivity contribution in [2.75, 3.05) is 37.6 Å². The second kappa shape index (κ2) is 16.4. The van der Waals surface area contributed by atoms with Crippen LogP contribution in [0.15, 0.2) is 125 Å². The lowest BCUT2D eigenvalue weighted by Gasteiger charge is -2.47. The third kappa shape index (κ3) is 8.21. The molecule has 2 aliphatic heterocycles. The van der Waals surface area contributed by atoms with Crippen molar-refractivity contribution >= 4 is 66.9 Å². The monoisotopic (exact) mass is 881 g/mol. The van der Waals surface area contributed by atoms with E-state index in [4.69, 9.17) is 16.3 Å². The first kappa shape index (κ1) is 40.7. The molecule has 1 amide bonds. The number of aromatic nitrogens is 2. The second-order valence-corrected chi connectivity index (χ2v) is 19.1. The Balaban J connectivity index is 0.899. The molecule has 0 bridgehead atoms. The highest BCUT2D eigenvalue weighted by Gasteiger charge is 2.41. The number of pyridine rings is 1. The van der Waals surface area contributed by atoms with Gasteiger partial charge >= 0.3 is 0 Å². The van der Waals surface area contributed by atoms with Crippen LogP contribution in [0.1, 0.15) is 65.6 Å². The van der Waals surface area contributed by atoms with Crippen molar-refractivity contribution in [3.63, 3.8) is 0 Å². The minimum atomic E-state index is -4.63. The van der Waals surface area contributed by atoms with E-state index < -0.39 is 31.4 Å². The van der Waals surface area contributed by atoms with E-state index in [2.05, 4.69) is 41.6 Å². The first-order chi connectivity index (χ1) is 30.5. The number of hydrogen-bond donors (Lipinski definition) is 2. The van der Waals surface area contributed by atoms with Gasteiger partial charge in [0.2, 0.25) is 0 Å². The second-order valence-electron chi connectivity index (χ2n) is 17.0. The van der Waals surface area contributed by atoms with Crippen molar-refractivity contribution in [2.24, 2.45) is 10.4 Å². The molecular weight excluding hydrogens is 838 g/mol. The molecule has 2 fully saturated rings. The van der Waals surface area contributed by atoms with E-state index in [0.717, 1.165) is 73.3 Å². The Morgan fingerprint density at radius 3 is 2.48 bits per heavy atom. The van der Waals surface area contributed by atoms with Gasteiger partial charge in [0, 0.05) is 73.6 Å². The lowest BCUT2D eigenvalue weighted by molar-refractivity contribution is -0.385. The maximum Gasteiger partial charge on any atom is 0.276 e. The number of benzene rings is 4. The highest BCUT2D eigenvalue weighted by atomic mass is 35.5. The maximum absolute atomic E-state index is 14.1. The molecule has 63 heavy (non-hydrogen) atoms. The predicted molar refractivity (Wildman–Crippen MR) is 244 cm³/mol. The number of carbonyl (C=O) groups excluding carboxylic acids is 1. The van der Waals surface area contributed by atoms with Gasteiger partial charge in [0.05, 0.1) is 38.5 Å². The fraction of sp³-hybridized carbons (Fsp3) is 0.271. The summed E-state index contributed by atoms with van der Waals surface area (Å²) in [5, 5.41) is 13.8. The summed E-state index contributed by atoms with van der Waals surface area (Å²) in [6, 6.07) is 28.4. The molecule has 4 aromatic carbocycles. The van der Waals surface area contributed by atoms with Crippen LogP contribution >= 0.6 is 11.6 Å². The van der Waals surface area contributed by atoms with Crippen LogP contribution in [0.3, 0.4) is 0 Å². The molecular formula is C48H44ClN7O6S. The Morgan fingerprint density at radius 1 is 0.937 bits per heavy atom. The van der Waals surface area contributed by atoms with Crippen LogP contribution < -0.4 is 14.4 Å². The number of piperazine rings is 1. The average molecular weight is 882 g/mol. The number of carbonyl (C=O) groups is 1. The topological polar surface area (TPSA) is 163 Å². The number of nitro benzene ring substituents is 1. The molecule has 2 N–H and O–H groups in total. The molecule has 15 heteroatoms. The molecule has 320 valence electrons. The summed E-state index contributed by atoms with van der Waals surface area (Å²) in [4.78, 5) is 42.0. The van der Waals surface area contributed by atoms with E-state index in [9.17, 15) is 23.3 Å². The summed E-state index contributed by atoms with van der Waals surface area (Å²) >= 11 is 6.28. The number of allylic oxidation sites excluding steroid dienone is 1.